The molecular formula is C17H19N3O5. The molecule has 0 aromatic heterocycles. The highest BCUT2D eigenvalue weighted by molar-refractivity contribution is 6.53. The van der Waals surface area contributed by atoms with E-state index in [2.05, 4.69) is 5.32 Å². The predicted molar refractivity (Wildman–Crippen MR) is 88.0 cm³/mol. The maximum absolute atomic E-state index is 12.5. The SMILES string of the molecule is COc1ccc(N2C(=O)C(=O)N(CC(=O)NC3CCCC3)C2=O)cc1. The van der Waals surface area contributed by atoms with Crippen molar-refractivity contribution >= 4 is 29.4 Å². The van der Waals surface area contributed by atoms with Crippen LogP contribution in [-0.4, -0.2) is 48.3 Å². The van der Waals surface area contributed by atoms with Crippen molar-refractivity contribution < 1.29 is 23.9 Å². The van der Waals surface area contributed by atoms with Crippen LogP contribution in [-0.2, 0) is 14.4 Å². The van der Waals surface area contributed by atoms with Crippen molar-refractivity contribution in [2.24, 2.45) is 0 Å². The Kier molecular flexibility index (Phi) is 4.69. The van der Waals surface area contributed by atoms with E-state index in [4.69, 9.17) is 4.74 Å². The van der Waals surface area contributed by atoms with E-state index >= 15 is 0 Å². The number of imide groups is 2. The Morgan fingerprint density at radius 1 is 1.12 bits per heavy atom. The zero-order chi connectivity index (χ0) is 18.0. The molecule has 132 valence electrons. The van der Waals surface area contributed by atoms with Crippen molar-refractivity contribution in [3.05, 3.63) is 24.3 Å². The molecule has 1 saturated heterocycles. The summed E-state index contributed by atoms with van der Waals surface area (Å²) in [6.45, 7) is -0.452. The van der Waals surface area contributed by atoms with Gasteiger partial charge in [0.15, 0.2) is 0 Å². The first-order valence-electron chi connectivity index (χ1n) is 8.14. The third-order valence-corrected chi connectivity index (χ3v) is 4.41. The summed E-state index contributed by atoms with van der Waals surface area (Å²) in [5.41, 5.74) is 0.253. The van der Waals surface area contributed by atoms with Gasteiger partial charge in [0.1, 0.15) is 12.3 Å². The van der Waals surface area contributed by atoms with Crippen LogP contribution in [0.15, 0.2) is 24.3 Å². The fraction of sp³-hybridized carbons (Fsp3) is 0.412. The Bertz CT molecular complexity index is 709. The number of nitrogens with one attached hydrogen (secondary N) is 1. The average molecular weight is 345 g/mol. The lowest BCUT2D eigenvalue weighted by Crippen LogP contribution is -2.44. The molecule has 1 aromatic carbocycles. The molecule has 8 heteroatoms. The monoisotopic (exact) mass is 345 g/mol. The standard InChI is InChI=1S/C17H19N3O5/c1-25-13-8-6-12(7-9-13)20-16(23)15(22)19(17(20)24)10-14(21)18-11-4-2-3-5-11/h6-9,11H,2-5,10H2,1H3,(H,18,21). The number of nitrogens with zero attached hydrogens (tertiary/aromatic N) is 2. The maximum Gasteiger partial charge on any atom is 0.339 e. The van der Waals surface area contributed by atoms with Gasteiger partial charge in [-0.1, -0.05) is 12.8 Å². The van der Waals surface area contributed by atoms with E-state index in [0.29, 0.717) is 10.6 Å². The number of ether oxygens (including phenoxy) is 1. The summed E-state index contributed by atoms with van der Waals surface area (Å²) >= 11 is 0. The lowest BCUT2D eigenvalue weighted by Gasteiger charge is -2.17. The minimum atomic E-state index is -0.998. The van der Waals surface area contributed by atoms with E-state index in [9.17, 15) is 19.2 Å². The quantitative estimate of drug-likeness (QED) is 0.636. The molecule has 0 radical (unpaired) electrons. The molecule has 25 heavy (non-hydrogen) atoms. The van der Waals surface area contributed by atoms with Crippen molar-refractivity contribution in [3.8, 4) is 5.75 Å². The lowest BCUT2D eigenvalue weighted by molar-refractivity contribution is -0.140. The Morgan fingerprint density at radius 3 is 2.36 bits per heavy atom. The highest BCUT2D eigenvalue weighted by Crippen LogP contribution is 2.24. The Hall–Kier alpha value is -2.90. The van der Waals surface area contributed by atoms with Crippen molar-refractivity contribution in [2.75, 3.05) is 18.6 Å². The van der Waals surface area contributed by atoms with Gasteiger partial charge in [0.05, 0.1) is 12.8 Å². The second kappa shape index (κ2) is 6.92. The van der Waals surface area contributed by atoms with Gasteiger partial charge >= 0.3 is 17.8 Å². The van der Waals surface area contributed by atoms with Crippen LogP contribution < -0.4 is 15.0 Å². The second-order valence-corrected chi connectivity index (χ2v) is 6.06. The molecule has 5 amide bonds. The number of methoxy groups -OCH3 is 1. The molecule has 8 nitrogen and oxygen atoms in total. The van der Waals surface area contributed by atoms with E-state index < -0.39 is 30.3 Å². The van der Waals surface area contributed by atoms with E-state index in [-0.39, 0.29) is 11.7 Å². The van der Waals surface area contributed by atoms with Crippen molar-refractivity contribution in [2.45, 2.75) is 31.7 Å². The highest BCUT2D eigenvalue weighted by Gasteiger charge is 2.46. The number of carbonyl (C=O) groups is 4. The number of urea groups is 1. The fourth-order valence-electron chi connectivity index (χ4n) is 3.09. The summed E-state index contributed by atoms with van der Waals surface area (Å²) in [6, 6.07) is 5.43. The van der Waals surface area contributed by atoms with Gasteiger partial charge in [0.25, 0.3) is 0 Å². The fourth-order valence-corrected chi connectivity index (χ4v) is 3.09. The van der Waals surface area contributed by atoms with Crippen LogP contribution in [0.3, 0.4) is 0 Å². The number of anilines is 1. The maximum atomic E-state index is 12.5. The largest absolute Gasteiger partial charge is 0.497 e. The smallest absolute Gasteiger partial charge is 0.339 e. The van der Waals surface area contributed by atoms with Crippen LogP contribution in [0.25, 0.3) is 0 Å². The predicted octanol–water partition coefficient (Wildman–Crippen LogP) is 1.05. The molecule has 1 heterocycles. The Labute approximate surface area is 144 Å². The van der Waals surface area contributed by atoms with Crippen LogP contribution in [0, 0.1) is 0 Å². The number of rotatable bonds is 5. The second-order valence-electron chi connectivity index (χ2n) is 6.06. The van der Waals surface area contributed by atoms with E-state index in [0.717, 1.165) is 30.6 Å². The molecule has 0 bridgehead atoms. The van der Waals surface area contributed by atoms with Gasteiger partial charge in [-0.15, -0.1) is 0 Å². The molecule has 2 fully saturated rings. The summed E-state index contributed by atoms with van der Waals surface area (Å²) in [7, 11) is 1.50. The third-order valence-electron chi connectivity index (χ3n) is 4.41. The molecule has 0 spiro atoms. The molecule has 2 aliphatic rings. The summed E-state index contributed by atoms with van der Waals surface area (Å²) in [6.07, 6.45) is 3.89. The van der Waals surface area contributed by atoms with Gasteiger partial charge in [-0.3, -0.25) is 14.4 Å². The van der Waals surface area contributed by atoms with Gasteiger partial charge in [0, 0.05) is 6.04 Å². The molecule has 0 atom stereocenters. The van der Waals surface area contributed by atoms with Crippen molar-refractivity contribution in [1.82, 2.24) is 10.2 Å². The van der Waals surface area contributed by atoms with Crippen LogP contribution in [0.1, 0.15) is 25.7 Å². The molecule has 1 N–H and O–H groups in total. The van der Waals surface area contributed by atoms with Gasteiger partial charge in [-0.2, -0.15) is 0 Å². The molecule has 1 aromatic rings. The van der Waals surface area contributed by atoms with Gasteiger partial charge < -0.3 is 10.1 Å². The van der Waals surface area contributed by atoms with Gasteiger partial charge in [-0.25, -0.2) is 14.6 Å². The summed E-state index contributed by atoms with van der Waals surface area (Å²) < 4.78 is 5.02. The lowest BCUT2D eigenvalue weighted by atomic mass is 10.2. The minimum absolute atomic E-state index is 0.0775. The van der Waals surface area contributed by atoms with Crippen LogP contribution in [0.5, 0.6) is 5.75 Å². The highest BCUT2D eigenvalue weighted by atomic mass is 16.5. The van der Waals surface area contributed by atoms with Crippen molar-refractivity contribution in [3.63, 3.8) is 0 Å². The summed E-state index contributed by atoms with van der Waals surface area (Å²) in [5.74, 6) is -1.84. The van der Waals surface area contributed by atoms with Crippen LogP contribution in [0.2, 0.25) is 0 Å². The number of carbonyl (C=O) groups excluding carboxylic acids is 4. The first-order valence-corrected chi connectivity index (χ1v) is 8.14. The average Bonchev–Trinajstić information content (AvgIpc) is 3.18. The van der Waals surface area contributed by atoms with Crippen molar-refractivity contribution in [1.29, 1.82) is 0 Å². The zero-order valence-corrected chi connectivity index (χ0v) is 13.9. The molecule has 3 rings (SSSR count). The number of hydrogen-bond acceptors (Lipinski definition) is 5. The van der Waals surface area contributed by atoms with Crippen LogP contribution >= 0.6 is 0 Å². The Balaban J connectivity index is 1.71. The number of hydrogen-bond donors (Lipinski definition) is 1. The summed E-state index contributed by atoms with van der Waals surface area (Å²) in [4.78, 5) is 50.2. The molecule has 1 saturated carbocycles. The molecule has 1 aliphatic heterocycles. The molecule has 1 aliphatic carbocycles. The minimum Gasteiger partial charge on any atom is -0.497 e. The van der Waals surface area contributed by atoms with E-state index in [1.165, 1.54) is 19.2 Å². The third kappa shape index (κ3) is 3.33. The first-order chi connectivity index (χ1) is 12.0. The van der Waals surface area contributed by atoms with Gasteiger partial charge in [0.2, 0.25) is 5.91 Å². The van der Waals surface area contributed by atoms with Gasteiger partial charge in [-0.05, 0) is 37.1 Å². The normalized spacial score (nSPS) is 18.2. The number of benzene rings is 1. The van der Waals surface area contributed by atoms with Crippen LogP contribution in [0.4, 0.5) is 10.5 Å². The molecule has 0 unspecified atom stereocenters. The van der Waals surface area contributed by atoms with E-state index in [1.54, 1.807) is 12.1 Å². The topological polar surface area (TPSA) is 96.0 Å². The van der Waals surface area contributed by atoms with E-state index in [1.807, 2.05) is 0 Å². The number of amides is 5. The molecular weight excluding hydrogens is 326 g/mol. The summed E-state index contributed by atoms with van der Waals surface area (Å²) in [5, 5.41) is 2.80. The first kappa shape index (κ1) is 16.9. The Morgan fingerprint density at radius 2 is 1.76 bits per heavy atom. The zero-order valence-electron chi connectivity index (χ0n) is 13.9.